The first-order chi connectivity index (χ1) is 9.72. The molecule has 2 amide bonds. The number of pyridine rings is 1. The molecule has 104 valence electrons. The summed E-state index contributed by atoms with van der Waals surface area (Å²) in [7, 11) is 0. The number of anilines is 1. The molecule has 2 N–H and O–H groups in total. The standard InChI is InChI=1S/C13H16N6O/c1-9-4-2-6-11(16-9)18-13(20)17-10-5-3-7-19-12(10)14-8-15-19/h2,4,6,8,10H,3,5,7H2,1H3,(H2,16,17,18,20)/t10-/m0/s1. The van der Waals surface area contributed by atoms with Gasteiger partial charge in [-0.25, -0.2) is 19.4 Å². The average molecular weight is 272 g/mol. The van der Waals surface area contributed by atoms with Crippen molar-refractivity contribution in [1.29, 1.82) is 0 Å². The van der Waals surface area contributed by atoms with E-state index in [1.807, 2.05) is 23.7 Å². The summed E-state index contributed by atoms with van der Waals surface area (Å²) in [4.78, 5) is 20.4. The molecule has 1 aliphatic heterocycles. The molecule has 7 heteroatoms. The van der Waals surface area contributed by atoms with Crippen LogP contribution >= 0.6 is 0 Å². The van der Waals surface area contributed by atoms with E-state index in [0.717, 1.165) is 30.9 Å². The monoisotopic (exact) mass is 272 g/mol. The van der Waals surface area contributed by atoms with Crippen LogP contribution in [0.1, 0.15) is 30.4 Å². The van der Waals surface area contributed by atoms with Crippen LogP contribution in [0, 0.1) is 6.92 Å². The van der Waals surface area contributed by atoms with Gasteiger partial charge in [-0.05, 0) is 31.9 Å². The van der Waals surface area contributed by atoms with Crippen LogP contribution in [0.2, 0.25) is 0 Å². The van der Waals surface area contributed by atoms with E-state index in [9.17, 15) is 4.79 Å². The summed E-state index contributed by atoms with van der Waals surface area (Å²) in [5, 5.41) is 9.78. The van der Waals surface area contributed by atoms with Crippen LogP contribution in [0.15, 0.2) is 24.5 Å². The molecular weight excluding hydrogens is 256 g/mol. The molecule has 1 atom stereocenters. The van der Waals surface area contributed by atoms with E-state index in [1.54, 1.807) is 6.07 Å². The molecule has 0 aromatic carbocycles. The van der Waals surface area contributed by atoms with Gasteiger partial charge in [0.05, 0.1) is 6.04 Å². The number of amides is 2. The number of carbonyl (C=O) groups excluding carboxylic acids is 1. The number of aryl methyl sites for hydroxylation is 2. The molecule has 3 heterocycles. The van der Waals surface area contributed by atoms with Crippen LogP contribution < -0.4 is 10.6 Å². The molecule has 2 aromatic rings. The van der Waals surface area contributed by atoms with Gasteiger partial charge in [0.1, 0.15) is 18.0 Å². The van der Waals surface area contributed by atoms with Crippen LogP contribution in [0.5, 0.6) is 0 Å². The third-order valence-corrected chi connectivity index (χ3v) is 3.26. The van der Waals surface area contributed by atoms with Gasteiger partial charge < -0.3 is 5.32 Å². The first-order valence-corrected chi connectivity index (χ1v) is 6.61. The Hall–Kier alpha value is -2.44. The lowest BCUT2D eigenvalue weighted by Crippen LogP contribution is -2.36. The summed E-state index contributed by atoms with van der Waals surface area (Å²) >= 11 is 0. The van der Waals surface area contributed by atoms with Gasteiger partial charge in [0.2, 0.25) is 0 Å². The van der Waals surface area contributed by atoms with Crippen molar-refractivity contribution in [3.63, 3.8) is 0 Å². The lowest BCUT2D eigenvalue weighted by Gasteiger charge is -2.23. The predicted molar refractivity (Wildman–Crippen MR) is 73.1 cm³/mol. The normalized spacial score (nSPS) is 17.4. The van der Waals surface area contributed by atoms with Crippen molar-refractivity contribution in [1.82, 2.24) is 25.1 Å². The minimum Gasteiger partial charge on any atom is -0.328 e. The van der Waals surface area contributed by atoms with E-state index >= 15 is 0 Å². The number of nitrogens with one attached hydrogen (secondary N) is 2. The predicted octanol–water partition coefficient (Wildman–Crippen LogP) is 1.64. The maximum absolute atomic E-state index is 12.0. The van der Waals surface area contributed by atoms with Gasteiger partial charge in [-0.15, -0.1) is 0 Å². The minimum absolute atomic E-state index is 0.101. The van der Waals surface area contributed by atoms with Gasteiger partial charge in [-0.1, -0.05) is 6.07 Å². The van der Waals surface area contributed by atoms with Gasteiger partial charge in [0.25, 0.3) is 0 Å². The molecule has 0 fully saturated rings. The Kier molecular flexibility index (Phi) is 3.32. The third kappa shape index (κ3) is 2.61. The summed E-state index contributed by atoms with van der Waals surface area (Å²) in [6, 6.07) is 5.12. The maximum Gasteiger partial charge on any atom is 0.320 e. The molecule has 0 saturated heterocycles. The number of rotatable bonds is 2. The van der Waals surface area contributed by atoms with E-state index < -0.39 is 0 Å². The molecule has 0 radical (unpaired) electrons. The van der Waals surface area contributed by atoms with Gasteiger partial charge in [0, 0.05) is 12.2 Å². The van der Waals surface area contributed by atoms with Crippen LogP contribution in [0.4, 0.5) is 10.6 Å². The summed E-state index contributed by atoms with van der Waals surface area (Å²) in [5.41, 5.74) is 0.861. The topological polar surface area (TPSA) is 84.7 Å². The highest BCUT2D eigenvalue weighted by Crippen LogP contribution is 2.21. The maximum atomic E-state index is 12.0. The molecule has 20 heavy (non-hydrogen) atoms. The second kappa shape index (κ2) is 5.28. The lowest BCUT2D eigenvalue weighted by molar-refractivity contribution is 0.244. The number of carbonyl (C=O) groups is 1. The molecule has 7 nitrogen and oxygen atoms in total. The highest BCUT2D eigenvalue weighted by atomic mass is 16.2. The first kappa shape index (κ1) is 12.6. The van der Waals surface area contributed by atoms with Gasteiger partial charge in [-0.3, -0.25) is 5.32 Å². The molecule has 2 aromatic heterocycles. The largest absolute Gasteiger partial charge is 0.328 e. The zero-order chi connectivity index (χ0) is 13.9. The quantitative estimate of drug-likeness (QED) is 0.870. The van der Waals surface area contributed by atoms with E-state index in [-0.39, 0.29) is 12.1 Å². The van der Waals surface area contributed by atoms with Crippen molar-refractivity contribution < 1.29 is 4.79 Å². The molecular formula is C13H16N6O. The molecule has 1 aliphatic rings. The van der Waals surface area contributed by atoms with E-state index in [0.29, 0.717) is 5.82 Å². The second-order valence-electron chi connectivity index (χ2n) is 4.80. The lowest BCUT2D eigenvalue weighted by atomic mass is 10.1. The third-order valence-electron chi connectivity index (χ3n) is 3.26. The van der Waals surface area contributed by atoms with Crippen LogP contribution in [-0.4, -0.2) is 25.8 Å². The van der Waals surface area contributed by atoms with Crippen molar-refractivity contribution >= 4 is 11.8 Å². The van der Waals surface area contributed by atoms with Crippen LogP contribution in [0.25, 0.3) is 0 Å². The van der Waals surface area contributed by atoms with Crippen molar-refractivity contribution in [2.45, 2.75) is 32.4 Å². The van der Waals surface area contributed by atoms with Gasteiger partial charge in [0.15, 0.2) is 0 Å². The Labute approximate surface area is 116 Å². The zero-order valence-electron chi connectivity index (χ0n) is 11.2. The minimum atomic E-state index is -0.274. The molecule has 0 saturated carbocycles. The highest BCUT2D eigenvalue weighted by molar-refractivity contribution is 5.88. The van der Waals surface area contributed by atoms with Crippen molar-refractivity contribution in [3.8, 4) is 0 Å². The van der Waals surface area contributed by atoms with Crippen molar-refractivity contribution in [2.24, 2.45) is 0 Å². The SMILES string of the molecule is Cc1cccc(NC(=O)N[C@H]2CCCn3ncnc32)n1. The molecule has 0 unspecified atom stereocenters. The highest BCUT2D eigenvalue weighted by Gasteiger charge is 2.23. The van der Waals surface area contributed by atoms with Gasteiger partial charge in [-0.2, -0.15) is 5.10 Å². The average Bonchev–Trinajstić information content (AvgIpc) is 2.88. The number of fused-ring (bicyclic) bond motifs is 1. The molecule has 3 rings (SSSR count). The molecule has 0 spiro atoms. The van der Waals surface area contributed by atoms with Crippen LogP contribution in [0.3, 0.4) is 0 Å². The Morgan fingerprint density at radius 2 is 2.35 bits per heavy atom. The Morgan fingerprint density at radius 3 is 3.20 bits per heavy atom. The smallest absolute Gasteiger partial charge is 0.320 e. The summed E-state index contributed by atoms with van der Waals surface area (Å²) in [5.74, 6) is 1.35. The van der Waals surface area contributed by atoms with E-state index in [4.69, 9.17) is 0 Å². The van der Waals surface area contributed by atoms with Crippen molar-refractivity contribution in [2.75, 3.05) is 5.32 Å². The summed E-state index contributed by atoms with van der Waals surface area (Å²) in [6.45, 7) is 2.74. The Bertz CT molecular complexity index is 623. The van der Waals surface area contributed by atoms with Gasteiger partial charge >= 0.3 is 6.03 Å². The number of urea groups is 1. The Balaban J connectivity index is 1.66. The number of hydrogen-bond donors (Lipinski definition) is 2. The summed E-state index contributed by atoms with van der Waals surface area (Å²) in [6.07, 6.45) is 3.37. The molecule has 0 aliphatic carbocycles. The van der Waals surface area contributed by atoms with Crippen LogP contribution in [-0.2, 0) is 6.54 Å². The fourth-order valence-electron chi connectivity index (χ4n) is 2.35. The second-order valence-corrected chi connectivity index (χ2v) is 4.80. The van der Waals surface area contributed by atoms with E-state index in [2.05, 4.69) is 25.7 Å². The number of aromatic nitrogens is 4. The summed E-state index contributed by atoms with van der Waals surface area (Å²) < 4.78 is 1.83. The Morgan fingerprint density at radius 1 is 1.45 bits per heavy atom. The fraction of sp³-hybridized carbons (Fsp3) is 0.385. The first-order valence-electron chi connectivity index (χ1n) is 6.61. The number of hydrogen-bond acceptors (Lipinski definition) is 4. The van der Waals surface area contributed by atoms with E-state index in [1.165, 1.54) is 6.33 Å². The number of nitrogens with zero attached hydrogens (tertiary/aromatic N) is 4. The molecule has 0 bridgehead atoms. The fourth-order valence-corrected chi connectivity index (χ4v) is 2.35. The van der Waals surface area contributed by atoms with Crippen molar-refractivity contribution in [3.05, 3.63) is 36.0 Å². The zero-order valence-corrected chi connectivity index (χ0v) is 11.2.